The Balaban J connectivity index is 2.07. The standard InChI is InChI=1S/C13H16ClF3N2O/c1-2-19-11(10(14)7-18-19)12(20)8-3-5-9(6-4-8)13(15,16)17/h7-9H,2-6H2,1H3. The third-order valence-electron chi connectivity index (χ3n) is 3.89. The first kappa shape index (κ1) is 15.4. The van der Waals surface area contributed by atoms with Gasteiger partial charge in [-0.1, -0.05) is 11.6 Å². The molecule has 0 saturated heterocycles. The van der Waals surface area contributed by atoms with E-state index in [2.05, 4.69) is 5.10 Å². The van der Waals surface area contributed by atoms with E-state index in [1.165, 1.54) is 10.9 Å². The molecule has 0 bridgehead atoms. The van der Waals surface area contributed by atoms with Crippen molar-refractivity contribution in [2.24, 2.45) is 11.8 Å². The lowest BCUT2D eigenvalue weighted by atomic mass is 9.79. The van der Waals surface area contributed by atoms with Gasteiger partial charge in [-0.3, -0.25) is 9.48 Å². The fourth-order valence-electron chi connectivity index (χ4n) is 2.72. The molecule has 112 valence electrons. The van der Waals surface area contributed by atoms with Gasteiger partial charge in [-0.2, -0.15) is 18.3 Å². The van der Waals surface area contributed by atoms with Crippen LogP contribution in [0.25, 0.3) is 0 Å². The van der Waals surface area contributed by atoms with Crippen LogP contribution in [-0.2, 0) is 6.54 Å². The molecule has 0 N–H and O–H groups in total. The Kier molecular flexibility index (Phi) is 4.42. The minimum atomic E-state index is -4.16. The van der Waals surface area contributed by atoms with Crippen LogP contribution in [0.1, 0.15) is 43.1 Å². The normalized spacial score (nSPS) is 23.9. The van der Waals surface area contributed by atoms with Gasteiger partial charge in [0.15, 0.2) is 5.78 Å². The van der Waals surface area contributed by atoms with Crippen molar-refractivity contribution in [1.82, 2.24) is 9.78 Å². The van der Waals surface area contributed by atoms with Crippen molar-refractivity contribution in [3.8, 4) is 0 Å². The highest BCUT2D eigenvalue weighted by Crippen LogP contribution is 2.40. The summed E-state index contributed by atoms with van der Waals surface area (Å²) in [6, 6.07) is 0. The van der Waals surface area contributed by atoms with Gasteiger partial charge in [0, 0.05) is 12.5 Å². The summed E-state index contributed by atoms with van der Waals surface area (Å²) in [6.45, 7) is 2.34. The molecule has 0 spiro atoms. The Morgan fingerprint density at radius 2 is 2.00 bits per heavy atom. The number of Topliss-reactive ketones (excluding diaryl/α,β-unsaturated/α-hetero) is 1. The molecule has 0 unspecified atom stereocenters. The third-order valence-corrected chi connectivity index (χ3v) is 4.17. The predicted octanol–water partition coefficient (Wildman–Crippen LogP) is 4.11. The summed E-state index contributed by atoms with van der Waals surface area (Å²) in [4.78, 5) is 12.4. The van der Waals surface area contributed by atoms with Gasteiger partial charge < -0.3 is 0 Å². The van der Waals surface area contributed by atoms with Crippen LogP contribution in [0, 0.1) is 11.8 Å². The van der Waals surface area contributed by atoms with E-state index < -0.39 is 12.1 Å². The van der Waals surface area contributed by atoms with Gasteiger partial charge >= 0.3 is 6.18 Å². The van der Waals surface area contributed by atoms with Crippen molar-refractivity contribution in [2.75, 3.05) is 0 Å². The highest BCUT2D eigenvalue weighted by atomic mass is 35.5. The van der Waals surface area contributed by atoms with E-state index in [1.807, 2.05) is 6.92 Å². The Hall–Kier alpha value is -1.04. The van der Waals surface area contributed by atoms with Gasteiger partial charge in [0.25, 0.3) is 0 Å². The Labute approximate surface area is 120 Å². The molecule has 3 nitrogen and oxygen atoms in total. The van der Waals surface area contributed by atoms with Crippen molar-refractivity contribution in [1.29, 1.82) is 0 Å². The van der Waals surface area contributed by atoms with Gasteiger partial charge in [0.05, 0.1) is 17.1 Å². The second kappa shape index (κ2) is 5.76. The fourth-order valence-corrected chi connectivity index (χ4v) is 2.96. The zero-order valence-corrected chi connectivity index (χ0v) is 11.8. The Morgan fingerprint density at radius 3 is 2.50 bits per heavy atom. The number of hydrogen-bond acceptors (Lipinski definition) is 2. The lowest BCUT2D eigenvalue weighted by Gasteiger charge is -2.29. The first-order valence-corrected chi connectivity index (χ1v) is 7.04. The Bertz CT molecular complexity index is 490. The van der Waals surface area contributed by atoms with Gasteiger partial charge in [-0.15, -0.1) is 0 Å². The molecule has 0 aromatic carbocycles. The molecule has 1 aliphatic carbocycles. The molecule has 0 radical (unpaired) electrons. The van der Waals surface area contributed by atoms with Crippen molar-refractivity contribution >= 4 is 17.4 Å². The summed E-state index contributed by atoms with van der Waals surface area (Å²) in [7, 11) is 0. The van der Waals surface area contributed by atoms with Crippen LogP contribution in [0.2, 0.25) is 5.02 Å². The summed E-state index contributed by atoms with van der Waals surface area (Å²) < 4.78 is 39.3. The largest absolute Gasteiger partial charge is 0.391 e. The first-order valence-electron chi connectivity index (χ1n) is 6.66. The maximum absolute atomic E-state index is 12.6. The minimum absolute atomic E-state index is 0.0117. The molecule has 2 rings (SSSR count). The quantitative estimate of drug-likeness (QED) is 0.788. The smallest absolute Gasteiger partial charge is 0.292 e. The Morgan fingerprint density at radius 1 is 1.40 bits per heavy atom. The number of rotatable bonds is 3. The number of alkyl halides is 3. The summed E-state index contributed by atoms with van der Waals surface area (Å²) >= 11 is 5.95. The van der Waals surface area contributed by atoms with Crippen molar-refractivity contribution in [3.05, 3.63) is 16.9 Å². The van der Waals surface area contributed by atoms with Crippen molar-refractivity contribution < 1.29 is 18.0 Å². The molecule has 1 aliphatic rings. The van der Waals surface area contributed by atoms with Gasteiger partial charge in [0.1, 0.15) is 5.69 Å². The van der Waals surface area contributed by atoms with E-state index in [0.29, 0.717) is 12.2 Å². The second-order valence-corrected chi connectivity index (χ2v) is 5.52. The number of nitrogens with zero attached hydrogens (tertiary/aromatic N) is 2. The zero-order chi connectivity index (χ0) is 14.9. The summed E-state index contributed by atoms with van der Waals surface area (Å²) in [5.41, 5.74) is 0.324. The maximum atomic E-state index is 12.6. The lowest BCUT2D eigenvalue weighted by molar-refractivity contribution is -0.183. The number of ketones is 1. The third kappa shape index (κ3) is 3.00. The van der Waals surface area contributed by atoms with E-state index in [4.69, 9.17) is 11.6 Å². The SMILES string of the molecule is CCn1ncc(Cl)c1C(=O)C1CCC(C(F)(F)F)CC1. The van der Waals surface area contributed by atoms with E-state index >= 15 is 0 Å². The second-order valence-electron chi connectivity index (χ2n) is 5.11. The van der Waals surface area contributed by atoms with Crippen LogP contribution in [0.3, 0.4) is 0 Å². The van der Waals surface area contributed by atoms with Crippen LogP contribution in [0.5, 0.6) is 0 Å². The van der Waals surface area contributed by atoms with Gasteiger partial charge in [-0.05, 0) is 32.6 Å². The molecule has 1 aromatic heterocycles. The molecule has 20 heavy (non-hydrogen) atoms. The first-order chi connectivity index (χ1) is 9.34. The number of hydrogen-bond donors (Lipinski definition) is 0. The molecular weight excluding hydrogens is 293 g/mol. The molecule has 1 saturated carbocycles. The minimum Gasteiger partial charge on any atom is -0.292 e. The highest BCUT2D eigenvalue weighted by Gasteiger charge is 2.43. The average molecular weight is 309 g/mol. The highest BCUT2D eigenvalue weighted by molar-refractivity contribution is 6.33. The van der Waals surface area contributed by atoms with E-state index in [1.54, 1.807) is 0 Å². The fraction of sp³-hybridized carbons (Fsp3) is 0.692. The van der Waals surface area contributed by atoms with Crippen LogP contribution in [-0.4, -0.2) is 21.7 Å². The number of carbonyl (C=O) groups is 1. The summed E-state index contributed by atoms with van der Waals surface area (Å²) in [6.07, 6.45) is -2.21. The van der Waals surface area contributed by atoms with E-state index in [-0.39, 0.29) is 42.4 Å². The molecule has 0 atom stereocenters. The number of carbonyl (C=O) groups excluding carboxylic acids is 1. The average Bonchev–Trinajstić information content (AvgIpc) is 2.78. The van der Waals surface area contributed by atoms with Crippen LogP contribution >= 0.6 is 11.6 Å². The zero-order valence-electron chi connectivity index (χ0n) is 11.1. The number of aryl methyl sites for hydroxylation is 1. The molecule has 1 fully saturated rings. The molecule has 1 heterocycles. The molecule has 0 amide bonds. The van der Waals surface area contributed by atoms with Crippen molar-refractivity contribution in [3.63, 3.8) is 0 Å². The monoisotopic (exact) mass is 308 g/mol. The molecule has 7 heteroatoms. The number of halogens is 4. The molecule has 1 aromatic rings. The summed E-state index contributed by atoms with van der Waals surface area (Å²) in [5, 5.41) is 4.26. The van der Waals surface area contributed by atoms with Gasteiger partial charge in [0.2, 0.25) is 0 Å². The maximum Gasteiger partial charge on any atom is 0.391 e. The number of aromatic nitrogens is 2. The van der Waals surface area contributed by atoms with Gasteiger partial charge in [-0.25, -0.2) is 0 Å². The molecule has 0 aliphatic heterocycles. The van der Waals surface area contributed by atoms with Crippen LogP contribution in [0.15, 0.2) is 6.20 Å². The van der Waals surface area contributed by atoms with Crippen LogP contribution in [0.4, 0.5) is 13.2 Å². The molecular formula is C13H16ClF3N2O. The van der Waals surface area contributed by atoms with Crippen LogP contribution < -0.4 is 0 Å². The topological polar surface area (TPSA) is 34.9 Å². The van der Waals surface area contributed by atoms with Crippen molar-refractivity contribution in [2.45, 2.75) is 45.3 Å². The van der Waals surface area contributed by atoms with E-state index in [9.17, 15) is 18.0 Å². The summed E-state index contributed by atoms with van der Waals surface area (Å²) in [5.74, 6) is -1.85. The van der Waals surface area contributed by atoms with E-state index in [0.717, 1.165) is 0 Å². The predicted molar refractivity (Wildman–Crippen MR) is 68.7 cm³/mol. The lowest BCUT2D eigenvalue weighted by Crippen LogP contribution is -2.31.